The number of halogens is 1. The second kappa shape index (κ2) is 6.11. The van der Waals surface area contributed by atoms with Crippen LogP contribution in [0.5, 0.6) is 0 Å². The maximum atomic E-state index is 12.3. The Morgan fingerprint density at radius 1 is 1.39 bits per heavy atom. The predicted molar refractivity (Wildman–Crippen MR) is 91.3 cm³/mol. The van der Waals surface area contributed by atoms with Gasteiger partial charge in [-0.3, -0.25) is 0 Å². The van der Waals surface area contributed by atoms with E-state index in [1.165, 1.54) is 0 Å². The number of likely N-dealkylation sites (tertiary alicyclic amines) is 1. The number of piperidine rings is 1. The Kier molecular flexibility index (Phi) is 4.31. The fraction of sp³-hybridized carbons (Fsp3) is 0.562. The minimum atomic E-state index is -0.476. The summed E-state index contributed by atoms with van der Waals surface area (Å²) in [6.45, 7) is 6.98. The van der Waals surface area contributed by atoms with Crippen LogP contribution < -0.4 is 0 Å². The van der Waals surface area contributed by atoms with Crippen LogP contribution in [0.1, 0.15) is 39.7 Å². The van der Waals surface area contributed by atoms with Crippen molar-refractivity contribution in [1.29, 1.82) is 0 Å². The minimum absolute atomic E-state index is 0.127. The van der Waals surface area contributed by atoms with Crippen LogP contribution in [0.4, 0.5) is 4.79 Å². The van der Waals surface area contributed by atoms with Gasteiger partial charge in [0.1, 0.15) is 11.1 Å². The lowest BCUT2D eigenvalue weighted by molar-refractivity contribution is 0.0168. The fourth-order valence-electron chi connectivity index (χ4n) is 2.83. The van der Waals surface area contributed by atoms with E-state index in [0.29, 0.717) is 6.54 Å². The van der Waals surface area contributed by atoms with Gasteiger partial charge in [0.15, 0.2) is 0 Å². The highest BCUT2D eigenvalue weighted by Crippen LogP contribution is 2.26. The van der Waals surface area contributed by atoms with E-state index in [9.17, 15) is 4.79 Å². The molecule has 0 radical (unpaired) electrons. The summed E-state index contributed by atoms with van der Waals surface area (Å²) < 4.78 is 8.39. The first-order chi connectivity index (χ1) is 10.8. The van der Waals surface area contributed by atoms with Crippen molar-refractivity contribution < 1.29 is 9.53 Å². The molecule has 0 N–H and O–H groups in total. The Bertz CT molecular complexity index is 722. The summed E-state index contributed by atoms with van der Waals surface area (Å²) >= 11 is 3.45. The van der Waals surface area contributed by atoms with E-state index < -0.39 is 5.60 Å². The van der Waals surface area contributed by atoms with Gasteiger partial charge in [0, 0.05) is 17.6 Å². The Morgan fingerprint density at radius 2 is 2.17 bits per heavy atom. The predicted octanol–water partition coefficient (Wildman–Crippen LogP) is 3.77. The van der Waals surface area contributed by atoms with Gasteiger partial charge >= 0.3 is 6.09 Å². The third-order valence-corrected chi connectivity index (χ3v) is 4.32. The molecule has 1 unspecified atom stereocenters. The maximum absolute atomic E-state index is 12.3. The number of rotatable bonds is 1. The second-order valence-electron chi connectivity index (χ2n) is 6.89. The monoisotopic (exact) mass is 380 g/mol. The molecule has 1 aliphatic rings. The van der Waals surface area contributed by atoms with Crippen LogP contribution in [0, 0.1) is 0 Å². The van der Waals surface area contributed by atoms with Crippen LogP contribution in [0.25, 0.3) is 11.0 Å². The van der Waals surface area contributed by atoms with E-state index >= 15 is 0 Å². The van der Waals surface area contributed by atoms with Crippen LogP contribution in [0.3, 0.4) is 0 Å². The third-order valence-electron chi connectivity index (χ3n) is 3.83. The first kappa shape index (κ1) is 16.2. The second-order valence-corrected chi connectivity index (χ2v) is 7.81. The third kappa shape index (κ3) is 3.65. The average Bonchev–Trinajstić information content (AvgIpc) is 2.88. The van der Waals surface area contributed by atoms with Gasteiger partial charge in [-0.05, 0) is 51.8 Å². The van der Waals surface area contributed by atoms with Crippen molar-refractivity contribution in [1.82, 2.24) is 19.9 Å². The van der Waals surface area contributed by atoms with Gasteiger partial charge in [-0.2, -0.15) is 0 Å². The number of fused-ring (bicyclic) bond motifs is 1. The van der Waals surface area contributed by atoms with Gasteiger partial charge in [0.25, 0.3) is 0 Å². The van der Waals surface area contributed by atoms with Gasteiger partial charge in [-0.1, -0.05) is 21.1 Å². The highest BCUT2D eigenvalue weighted by Gasteiger charge is 2.29. The lowest BCUT2D eigenvalue weighted by Crippen LogP contribution is -2.43. The number of carbonyl (C=O) groups is 1. The summed E-state index contributed by atoms with van der Waals surface area (Å²) in [6.07, 6.45) is 1.66. The molecular formula is C16H21BrN4O2. The van der Waals surface area contributed by atoms with Crippen molar-refractivity contribution in [2.75, 3.05) is 13.1 Å². The number of nitrogens with zero attached hydrogens (tertiary/aromatic N) is 4. The Labute approximate surface area is 143 Å². The molecule has 0 aliphatic carbocycles. The van der Waals surface area contributed by atoms with E-state index in [1.807, 2.05) is 43.7 Å². The quantitative estimate of drug-likeness (QED) is 0.755. The van der Waals surface area contributed by atoms with E-state index in [4.69, 9.17) is 4.74 Å². The van der Waals surface area contributed by atoms with Gasteiger partial charge in [0.2, 0.25) is 0 Å². The smallest absolute Gasteiger partial charge is 0.410 e. The molecule has 2 aromatic rings. The minimum Gasteiger partial charge on any atom is -0.444 e. The van der Waals surface area contributed by atoms with E-state index in [2.05, 4.69) is 26.2 Å². The molecule has 1 aliphatic heterocycles. The highest BCUT2D eigenvalue weighted by molar-refractivity contribution is 9.10. The van der Waals surface area contributed by atoms with Crippen LogP contribution in [0.2, 0.25) is 0 Å². The molecule has 23 heavy (non-hydrogen) atoms. The molecule has 0 bridgehead atoms. The summed E-state index contributed by atoms with van der Waals surface area (Å²) in [5.41, 5.74) is 1.37. The molecule has 1 aromatic heterocycles. The van der Waals surface area contributed by atoms with Crippen molar-refractivity contribution >= 4 is 33.1 Å². The SMILES string of the molecule is CC(C)(C)OC(=O)N1CCCC(n2nnc3cc(Br)ccc32)C1. The van der Waals surface area contributed by atoms with Crippen LogP contribution >= 0.6 is 15.9 Å². The zero-order valence-corrected chi connectivity index (χ0v) is 15.2. The van der Waals surface area contributed by atoms with Gasteiger partial charge in [0.05, 0.1) is 11.6 Å². The molecule has 1 saturated heterocycles. The van der Waals surface area contributed by atoms with E-state index in [0.717, 1.165) is 34.9 Å². The molecule has 2 heterocycles. The molecule has 6 nitrogen and oxygen atoms in total. The van der Waals surface area contributed by atoms with Crippen molar-refractivity contribution in [3.8, 4) is 0 Å². The molecule has 1 aromatic carbocycles. The largest absolute Gasteiger partial charge is 0.444 e. The van der Waals surface area contributed by atoms with Gasteiger partial charge in [-0.15, -0.1) is 5.10 Å². The summed E-state index contributed by atoms with van der Waals surface area (Å²) in [7, 11) is 0. The van der Waals surface area contributed by atoms with Crippen molar-refractivity contribution in [2.45, 2.75) is 45.3 Å². The highest BCUT2D eigenvalue weighted by atomic mass is 79.9. The van der Waals surface area contributed by atoms with Crippen LogP contribution in [-0.2, 0) is 4.74 Å². The molecule has 124 valence electrons. The summed E-state index contributed by atoms with van der Waals surface area (Å²) in [4.78, 5) is 14.1. The zero-order valence-electron chi connectivity index (χ0n) is 13.6. The standard InChI is InChI=1S/C16H21BrN4O2/c1-16(2,3)23-15(22)20-8-4-5-12(10-20)21-14-7-6-11(17)9-13(14)18-19-21/h6-7,9,12H,4-5,8,10H2,1-3H3. The first-order valence-corrected chi connectivity index (χ1v) is 8.61. The number of hydrogen-bond acceptors (Lipinski definition) is 4. The lowest BCUT2D eigenvalue weighted by Gasteiger charge is -2.34. The summed E-state index contributed by atoms with van der Waals surface area (Å²) in [5.74, 6) is 0. The number of amides is 1. The lowest BCUT2D eigenvalue weighted by atomic mass is 10.1. The molecule has 7 heteroatoms. The topological polar surface area (TPSA) is 60.2 Å². The number of carbonyl (C=O) groups excluding carboxylic acids is 1. The Morgan fingerprint density at radius 3 is 2.91 bits per heavy atom. The van der Waals surface area contributed by atoms with Crippen molar-refractivity contribution in [2.24, 2.45) is 0 Å². The van der Waals surface area contributed by atoms with E-state index in [1.54, 1.807) is 4.90 Å². The molecule has 3 rings (SSSR count). The average molecular weight is 381 g/mol. The molecule has 1 fully saturated rings. The summed E-state index contributed by atoms with van der Waals surface area (Å²) in [5, 5.41) is 8.53. The van der Waals surface area contributed by atoms with Crippen LogP contribution in [-0.4, -0.2) is 44.7 Å². The summed E-state index contributed by atoms with van der Waals surface area (Å²) in [6, 6.07) is 6.07. The molecular weight excluding hydrogens is 360 g/mol. The molecule has 0 saturated carbocycles. The number of benzene rings is 1. The van der Waals surface area contributed by atoms with Gasteiger partial charge in [-0.25, -0.2) is 9.48 Å². The molecule has 0 spiro atoms. The molecule has 1 amide bonds. The number of ether oxygens (including phenoxy) is 1. The molecule has 1 atom stereocenters. The van der Waals surface area contributed by atoms with Crippen molar-refractivity contribution in [3.63, 3.8) is 0 Å². The van der Waals surface area contributed by atoms with E-state index in [-0.39, 0.29) is 12.1 Å². The van der Waals surface area contributed by atoms with Crippen LogP contribution in [0.15, 0.2) is 22.7 Å². The number of aromatic nitrogens is 3. The zero-order chi connectivity index (χ0) is 16.6. The fourth-order valence-corrected chi connectivity index (χ4v) is 3.18. The van der Waals surface area contributed by atoms with Gasteiger partial charge < -0.3 is 9.64 Å². The maximum Gasteiger partial charge on any atom is 0.410 e. The first-order valence-electron chi connectivity index (χ1n) is 7.82. The Hall–Kier alpha value is -1.63. The number of hydrogen-bond donors (Lipinski definition) is 0. The Balaban J connectivity index is 1.79. The van der Waals surface area contributed by atoms with Crippen molar-refractivity contribution in [3.05, 3.63) is 22.7 Å². The normalized spacial score (nSPS) is 19.1.